The normalized spacial score (nSPS) is 15.4. The van der Waals surface area contributed by atoms with Crippen molar-refractivity contribution in [2.45, 2.75) is 13.3 Å². The van der Waals surface area contributed by atoms with Gasteiger partial charge in [0.25, 0.3) is 0 Å². The van der Waals surface area contributed by atoms with Gasteiger partial charge in [-0.25, -0.2) is 0 Å². The summed E-state index contributed by atoms with van der Waals surface area (Å²) in [6.45, 7) is 10.0. The van der Waals surface area contributed by atoms with Crippen molar-refractivity contribution >= 4 is 11.6 Å². The maximum Gasteiger partial charge on any atom is 0.221 e. The molecule has 1 fully saturated rings. The SMILES string of the molecule is COCCNCCNC(=O)CCN1CCN(c2cccc(C)c2)CC1. The number of aryl methyl sites for hydroxylation is 1. The molecule has 1 aliphatic rings. The van der Waals surface area contributed by atoms with E-state index in [-0.39, 0.29) is 5.91 Å². The first kappa shape index (κ1) is 19.7. The molecule has 0 unspecified atom stereocenters. The number of hydrogen-bond acceptors (Lipinski definition) is 5. The maximum absolute atomic E-state index is 11.9. The lowest BCUT2D eigenvalue weighted by Gasteiger charge is -2.36. The third-order valence-electron chi connectivity index (χ3n) is 4.50. The van der Waals surface area contributed by atoms with Gasteiger partial charge in [0.05, 0.1) is 6.61 Å². The highest BCUT2D eigenvalue weighted by atomic mass is 16.5. The number of nitrogens with zero attached hydrogens (tertiary/aromatic N) is 2. The molecule has 2 N–H and O–H groups in total. The molecule has 1 amide bonds. The van der Waals surface area contributed by atoms with Crippen LogP contribution in [0.2, 0.25) is 0 Å². The molecule has 1 aromatic rings. The monoisotopic (exact) mass is 348 g/mol. The predicted octanol–water partition coefficient (Wildman–Crippen LogP) is 0.859. The Kier molecular flexibility index (Phi) is 8.72. The van der Waals surface area contributed by atoms with Crippen LogP contribution < -0.4 is 15.5 Å². The van der Waals surface area contributed by atoms with Crippen LogP contribution in [0.15, 0.2) is 24.3 Å². The van der Waals surface area contributed by atoms with E-state index in [1.807, 2.05) is 0 Å². The number of piperazine rings is 1. The molecule has 1 heterocycles. The molecule has 1 aliphatic heterocycles. The largest absolute Gasteiger partial charge is 0.383 e. The lowest BCUT2D eigenvalue weighted by atomic mass is 10.2. The zero-order valence-electron chi connectivity index (χ0n) is 15.6. The van der Waals surface area contributed by atoms with Crippen molar-refractivity contribution in [1.29, 1.82) is 0 Å². The van der Waals surface area contributed by atoms with E-state index in [4.69, 9.17) is 4.74 Å². The van der Waals surface area contributed by atoms with Crippen LogP contribution in [0.5, 0.6) is 0 Å². The van der Waals surface area contributed by atoms with Gasteiger partial charge < -0.3 is 20.3 Å². The third-order valence-corrected chi connectivity index (χ3v) is 4.50. The summed E-state index contributed by atoms with van der Waals surface area (Å²) in [5.41, 5.74) is 2.60. The van der Waals surface area contributed by atoms with Crippen molar-refractivity contribution < 1.29 is 9.53 Å². The average Bonchev–Trinajstić information content (AvgIpc) is 2.63. The number of rotatable bonds is 10. The van der Waals surface area contributed by atoms with Gasteiger partial charge in [-0.15, -0.1) is 0 Å². The van der Waals surface area contributed by atoms with Crippen molar-refractivity contribution in [2.75, 3.05) is 71.0 Å². The second-order valence-electron chi connectivity index (χ2n) is 6.51. The first-order valence-electron chi connectivity index (χ1n) is 9.19. The first-order chi connectivity index (χ1) is 12.2. The number of ether oxygens (including phenoxy) is 1. The number of amides is 1. The Labute approximate surface area is 151 Å². The predicted molar refractivity (Wildman–Crippen MR) is 102 cm³/mol. The summed E-state index contributed by atoms with van der Waals surface area (Å²) in [6.07, 6.45) is 0.572. The fourth-order valence-electron chi connectivity index (χ4n) is 2.99. The van der Waals surface area contributed by atoms with Crippen molar-refractivity contribution in [3.63, 3.8) is 0 Å². The molecule has 2 rings (SSSR count). The Morgan fingerprint density at radius 3 is 2.68 bits per heavy atom. The van der Waals surface area contributed by atoms with E-state index in [1.165, 1.54) is 11.3 Å². The van der Waals surface area contributed by atoms with Crippen LogP contribution in [0, 0.1) is 6.92 Å². The van der Waals surface area contributed by atoms with Gasteiger partial charge in [0, 0.05) is 71.6 Å². The zero-order valence-corrected chi connectivity index (χ0v) is 15.6. The summed E-state index contributed by atoms with van der Waals surface area (Å²) < 4.78 is 4.96. The van der Waals surface area contributed by atoms with Gasteiger partial charge in [0.15, 0.2) is 0 Å². The summed E-state index contributed by atoms with van der Waals surface area (Å²) in [7, 11) is 1.68. The van der Waals surface area contributed by atoms with Crippen LogP contribution in [0.4, 0.5) is 5.69 Å². The van der Waals surface area contributed by atoms with Crippen molar-refractivity contribution in [3.8, 4) is 0 Å². The van der Waals surface area contributed by atoms with Gasteiger partial charge in [-0.05, 0) is 24.6 Å². The second-order valence-corrected chi connectivity index (χ2v) is 6.51. The van der Waals surface area contributed by atoms with Crippen LogP contribution in [-0.4, -0.2) is 76.9 Å². The van der Waals surface area contributed by atoms with E-state index in [0.717, 1.165) is 45.8 Å². The fraction of sp³-hybridized carbons (Fsp3) is 0.632. The minimum atomic E-state index is 0.134. The molecule has 1 aromatic carbocycles. The third kappa shape index (κ3) is 7.42. The summed E-state index contributed by atoms with van der Waals surface area (Å²) in [5, 5.41) is 6.18. The number of carbonyl (C=O) groups excluding carboxylic acids is 1. The fourth-order valence-corrected chi connectivity index (χ4v) is 2.99. The highest BCUT2D eigenvalue weighted by Crippen LogP contribution is 2.17. The Balaban J connectivity index is 1.56. The van der Waals surface area contributed by atoms with Gasteiger partial charge in [-0.1, -0.05) is 12.1 Å². The van der Waals surface area contributed by atoms with Crippen molar-refractivity contribution in [3.05, 3.63) is 29.8 Å². The molecule has 0 aromatic heterocycles. The second kappa shape index (κ2) is 11.1. The highest BCUT2D eigenvalue weighted by molar-refractivity contribution is 5.76. The quantitative estimate of drug-likeness (QED) is 0.614. The number of nitrogens with one attached hydrogen (secondary N) is 2. The zero-order chi connectivity index (χ0) is 17.9. The van der Waals surface area contributed by atoms with Crippen molar-refractivity contribution in [1.82, 2.24) is 15.5 Å². The maximum atomic E-state index is 11.9. The lowest BCUT2D eigenvalue weighted by Crippen LogP contribution is -2.47. The standard InChI is InChI=1S/C19H32N4O2/c1-17-4-3-5-18(16-17)23-13-11-22(12-14-23)10-6-19(24)21-8-7-20-9-15-25-2/h3-5,16,20H,6-15H2,1-2H3,(H,21,24). The smallest absolute Gasteiger partial charge is 0.221 e. The molecule has 0 bridgehead atoms. The molecule has 0 saturated carbocycles. The number of hydrogen-bond donors (Lipinski definition) is 2. The van der Waals surface area contributed by atoms with Crippen molar-refractivity contribution in [2.24, 2.45) is 0 Å². The minimum absolute atomic E-state index is 0.134. The van der Waals surface area contributed by atoms with Crippen LogP contribution >= 0.6 is 0 Å². The van der Waals surface area contributed by atoms with E-state index >= 15 is 0 Å². The van der Waals surface area contributed by atoms with Gasteiger partial charge in [-0.2, -0.15) is 0 Å². The highest BCUT2D eigenvalue weighted by Gasteiger charge is 2.17. The van der Waals surface area contributed by atoms with Gasteiger partial charge in [-0.3, -0.25) is 9.69 Å². The Bertz CT molecular complexity index is 516. The van der Waals surface area contributed by atoms with Crippen LogP contribution in [0.25, 0.3) is 0 Å². The van der Waals surface area contributed by atoms with Crippen LogP contribution in [0.3, 0.4) is 0 Å². The van der Waals surface area contributed by atoms with E-state index < -0.39 is 0 Å². The van der Waals surface area contributed by atoms with Crippen LogP contribution in [0.1, 0.15) is 12.0 Å². The van der Waals surface area contributed by atoms with Gasteiger partial charge >= 0.3 is 0 Å². The van der Waals surface area contributed by atoms with Gasteiger partial charge in [0.1, 0.15) is 0 Å². The molecule has 6 heteroatoms. The molecule has 140 valence electrons. The molecule has 1 saturated heterocycles. The summed E-state index contributed by atoms with van der Waals surface area (Å²) in [4.78, 5) is 16.7. The molecular formula is C19H32N4O2. The van der Waals surface area contributed by atoms with E-state index in [9.17, 15) is 4.79 Å². The summed E-state index contributed by atoms with van der Waals surface area (Å²) >= 11 is 0. The summed E-state index contributed by atoms with van der Waals surface area (Å²) in [6, 6.07) is 8.66. The average molecular weight is 348 g/mol. The molecular weight excluding hydrogens is 316 g/mol. The topological polar surface area (TPSA) is 56.8 Å². The van der Waals surface area contributed by atoms with Crippen LogP contribution in [-0.2, 0) is 9.53 Å². The summed E-state index contributed by atoms with van der Waals surface area (Å²) in [5.74, 6) is 0.134. The molecule has 6 nitrogen and oxygen atoms in total. The minimum Gasteiger partial charge on any atom is -0.383 e. The first-order valence-corrected chi connectivity index (χ1v) is 9.19. The Morgan fingerprint density at radius 1 is 1.16 bits per heavy atom. The Morgan fingerprint density at radius 2 is 1.96 bits per heavy atom. The molecule has 0 aliphatic carbocycles. The molecule has 0 atom stereocenters. The number of methoxy groups -OCH3 is 1. The van der Waals surface area contributed by atoms with E-state index in [2.05, 4.69) is 51.6 Å². The van der Waals surface area contributed by atoms with Gasteiger partial charge in [0.2, 0.25) is 5.91 Å². The number of anilines is 1. The number of benzene rings is 1. The lowest BCUT2D eigenvalue weighted by molar-refractivity contribution is -0.121. The van der Waals surface area contributed by atoms with E-state index in [1.54, 1.807) is 7.11 Å². The Hall–Kier alpha value is -1.63. The number of carbonyl (C=O) groups is 1. The molecule has 0 spiro atoms. The molecule has 25 heavy (non-hydrogen) atoms. The molecule has 0 radical (unpaired) electrons. The van der Waals surface area contributed by atoms with E-state index in [0.29, 0.717) is 19.6 Å².